The van der Waals surface area contributed by atoms with Gasteiger partial charge in [0, 0.05) is 30.2 Å². The van der Waals surface area contributed by atoms with E-state index >= 15 is 0 Å². The van der Waals surface area contributed by atoms with Gasteiger partial charge in [-0.3, -0.25) is 4.79 Å². The highest BCUT2D eigenvalue weighted by atomic mass is 79.9. The van der Waals surface area contributed by atoms with Crippen LogP contribution in [0.4, 0.5) is 16.0 Å². The number of ether oxygens (including phenoxy) is 1. The summed E-state index contributed by atoms with van der Waals surface area (Å²) in [6.45, 7) is 0. The topological polar surface area (TPSA) is 68.2 Å². The Labute approximate surface area is 180 Å². The lowest BCUT2D eigenvalue weighted by molar-refractivity contribution is 0.0963. The van der Waals surface area contributed by atoms with E-state index in [1.807, 2.05) is 23.7 Å². The van der Waals surface area contributed by atoms with Gasteiger partial charge in [0.2, 0.25) is 5.95 Å². The Kier molecular flexibility index (Phi) is 5.41. The number of imidazole rings is 1. The number of rotatable bonds is 5. The van der Waals surface area contributed by atoms with Gasteiger partial charge < -0.3 is 19.9 Å². The van der Waals surface area contributed by atoms with Gasteiger partial charge in [-0.1, -0.05) is 22.0 Å². The maximum atomic E-state index is 14.2. The summed E-state index contributed by atoms with van der Waals surface area (Å²) in [5, 5.41) is 5.61. The number of hydrogen-bond donors (Lipinski definition) is 2. The van der Waals surface area contributed by atoms with Crippen LogP contribution in [0.1, 0.15) is 10.4 Å². The number of halogens is 2. The van der Waals surface area contributed by atoms with Gasteiger partial charge in [-0.2, -0.15) is 0 Å². The highest BCUT2D eigenvalue weighted by Crippen LogP contribution is 2.29. The summed E-state index contributed by atoms with van der Waals surface area (Å²) in [6, 6.07) is 17.2. The molecule has 2 N–H and O–H groups in total. The summed E-state index contributed by atoms with van der Waals surface area (Å²) >= 11 is 3.25. The molecule has 4 aromatic rings. The zero-order valence-corrected chi connectivity index (χ0v) is 17.8. The standard InChI is InChI=1S/C22H18BrFN4O2/c1-25-21(29)13-4-3-5-15(10-13)30-16-7-9-20-19(12-16)27-22(28(20)2)26-18-8-6-14(23)11-17(18)24/h3-12H,1-2H3,(H,25,29)(H,26,27). The molecule has 0 aliphatic carbocycles. The zero-order chi connectivity index (χ0) is 21.3. The molecule has 1 aromatic heterocycles. The summed E-state index contributed by atoms with van der Waals surface area (Å²) < 4.78 is 22.6. The molecule has 0 unspecified atom stereocenters. The molecule has 1 amide bonds. The summed E-state index contributed by atoms with van der Waals surface area (Å²) in [5.41, 5.74) is 2.40. The largest absolute Gasteiger partial charge is 0.457 e. The van der Waals surface area contributed by atoms with E-state index in [0.29, 0.717) is 38.7 Å². The first-order valence-corrected chi connectivity index (χ1v) is 9.92. The maximum absolute atomic E-state index is 14.2. The van der Waals surface area contributed by atoms with E-state index in [0.717, 1.165) is 5.52 Å². The van der Waals surface area contributed by atoms with Crippen molar-refractivity contribution in [2.24, 2.45) is 7.05 Å². The van der Waals surface area contributed by atoms with E-state index in [1.165, 1.54) is 6.07 Å². The third-order valence-corrected chi connectivity index (χ3v) is 5.08. The Bertz CT molecular complexity index is 1260. The molecule has 0 spiro atoms. The number of hydrogen-bond acceptors (Lipinski definition) is 4. The zero-order valence-electron chi connectivity index (χ0n) is 16.2. The highest BCUT2D eigenvalue weighted by molar-refractivity contribution is 9.10. The van der Waals surface area contributed by atoms with Gasteiger partial charge in [0.1, 0.15) is 17.3 Å². The van der Waals surface area contributed by atoms with Crippen molar-refractivity contribution in [3.05, 3.63) is 76.5 Å². The minimum Gasteiger partial charge on any atom is -0.457 e. The van der Waals surface area contributed by atoms with E-state index in [4.69, 9.17) is 4.74 Å². The molecule has 8 heteroatoms. The highest BCUT2D eigenvalue weighted by Gasteiger charge is 2.12. The Balaban J connectivity index is 1.61. The van der Waals surface area contributed by atoms with Gasteiger partial charge in [-0.15, -0.1) is 0 Å². The number of nitrogens with one attached hydrogen (secondary N) is 2. The molecule has 0 saturated heterocycles. The molecule has 0 saturated carbocycles. The number of carbonyl (C=O) groups excluding carboxylic acids is 1. The van der Waals surface area contributed by atoms with E-state index in [1.54, 1.807) is 49.5 Å². The third-order valence-electron chi connectivity index (χ3n) is 4.59. The van der Waals surface area contributed by atoms with Crippen molar-refractivity contribution in [1.29, 1.82) is 0 Å². The predicted octanol–water partition coefficient (Wildman–Crippen LogP) is 5.37. The van der Waals surface area contributed by atoms with Crippen LogP contribution in [0.2, 0.25) is 0 Å². The number of aryl methyl sites for hydroxylation is 1. The van der Waals surface area contributed by atoms with E-state index < -0.39 is 0 Å². The second-order valence-electron chi connectivity index (χ2n) is 6.60. The van der Waals surface area contributed by atoms with Gasteiger partial charge in [0.15, 0.2) is 0 Å². The second-order valence-corrected chi connectivity index (χ2v) is 7.52. The van der Waals surface area contributed by atoms with Gasteiger partial charge >= 0.3 is 0 Å². The Morgan fingerprint density at radius 3 is 2.67 bits per heavy atom. The Morgan fingerprint density at radius 1 is 1.10 bits per heavy atom. The second kappa shape index (κ2) is 8.16. The molecule has 4 rings (SSSR count). The minimum atomic E-state index is -0.378. The molecule has 0 radical (unpaired) electrons. The van der Waals surface area contributed by atoms with Crippen LogP contribution in [-0.2, 0) is 7.05 Å². The SMILES string of the molecule is CNC(=O)c1cccc(Oc2ccc3c(c2)nc(Nc2ccc(Br)cc2F)n3C)c1. The fourth-order valence-corrected chi connectivity index (χ4v) is 3.38. The smallest absolute Gasteiger partial charge is 0.251 e. The predicted molar refractivity (Wildman–Crippen MR) is 118 cm³/mol. The van der Waals surface area contributed by atoms with Gasteiger partial charge in [-0.05, 0) is 48.5 Å². The first-order valence-electron chi connectivity index (χ1n) is 9.13. The van der Waals surface area contributed by atoms with Crippen LogP contribution in [-0.4, -0.2) is 22.5 Å². The number of nitrogens with zero attached hydrogens (tertiary/aromatic N) is 2. The molecule has 0 aliphatic heterocycles. The van der Waals surface area contributed by atoms with Crippen molar-refractivity contribution >= 4 is 44.5 Å². The third kappa shape index (κ3) is 3.99. The number of benzene rings is 3. The monoisotopic (exact) mass is 468 g/mol. The van der Waals surface area contributed by atoms with E-state index in [-0.39, 0.29) is 11.7 Å². The molecule has 6 nitrogen and oxygen atoms in total. The van der Waals surface area contributed by atoms with Crippen LogP contribution in [0.5, 0.6) is 11.5 Å². The minimum absolute atomic E-state index is 0.184. The molecule has 30 heavy (non-hydrogen) atoms. The van der Waals surface area contributed by atoms with Gasteiger partial charge in [-0.25, -0.2) is 9.37 Å². The van der Waals surface area contributed by atoms with Gasteiger partial charge in [0.25, 0.3) is 5.91 Å². The number of aromatic nitrogens is 2. The normalized spacial score (nSPS) is 10.8. The van der Waals surface area contributed by atoms with Crippen molar-refractivity contribution in [3.63, 3.8) is 0 Å². The molecule has 0 atom stereocenters. The van der Waals surface area contributed by atoms with Crippen molar-refractivity contribution in [2.75, 3.05) is 12.4 Å². The number of amides is 1. The number of fused-ring (bicyclic) bond motifs is 1. The Morgan fingerprint density at radius 2 is 1.90 bits per heavy atom. The molecule has 0 bridgehead atoms. The average Bonchev–Trinajstić information content (AvgIpc) is 3.04. The summed E-state index contributed by atoms with van der Waals surface area (Å²) in [4.78, 5) is 16.4. The summed E-state index contributed by atoms with van der Waals surface area (Å²) in [6.07, 6.45) is 0. The van der Waals surface area contributed by atoms with Crippen LogP contribution in [0.3, 0.4) is 0 Å². The fourth-order valence-electron chi connectivity index (χ4n) is 3.05. The van der Waals surface area contributed by atoms with Crippen LogP contribution >= 0.6 is 15.9 Å². The molecule has 152 valence electrons. The maximum Gasteiger partial charge on any atom is 0.251 e. The van der Waals surface area contributed by atoms with Crippen LogP contribution in [0, 0.1) is 5.82 Å². The molecule has 0 aliphatic rings. The first-order chi connectivity index (χ1) is 14.4. The van der Waals surface area contributed by atoms with E-state index in [2.05, 4.69) is 31.5 Å². The molecular weight excluding hydrogens is 451 g/mol. The molecule has 3 aromatic carbocycles. The lowest BCUT2D eigenvalue weighted by atomic mass is 10.2. The van der Waals surface area contributed by atoms with Crippen molar-refractivity contribution in [3.8, 4) is 11.5 Å². The average molecular weight is 469 g/mol. The van der Waals surface area contributed by atoms with Gasteiger partial charge in [0.05, 0.1) is 16.7 Å². The number of carbonyl (C=O) groups is 1. The lowest BCUT2D eigenvalue weighted by Gasteiger charge is -2.08. The lowest BCUT2D eigenvalue weighted by Crippen LogP contribution is -2.17. The molecular formula is C22H18BrFN4O2. The van der Waals surface area contributed by atoms with Crippen LogP contribution in [0.25, 0.3) is 11.0 Å². The van der Waals surface area contributed by atoms with Crippen molar-refractivity contribution in [2.45, 2.75) is 0 Å². The van der Waals surface area contributed by atoms with E-state index in [9.17, 15) is 9.18 Å². The fraction of sp³-hybridized carbons (Fsp3) is 0.0909. The Hall–Kier alpha value is -3.39. The summed E-state index contributed by atoms with van der Waals surface area (Å²) in [5.74, 6) is 1.07. The van der Waals surface area contributed by atoms with Crippen LogP contribution in [0.15, 0.2) is 65.1 Å². The first kappa shape index (κ1) is 19.9. The summed E-state index contributed by atoms with van der Waals surface area (Å²) in [7, 11) is 3.43. The number of anilines is 2. The van der Waals surface area contributed by atoms with Crippen molar-refractivity contribution in [1.82, 2.24) is 14.9 Å². The van der Waals surface area contributed by atoms with Crippen molar-refractivity contribution < 1.29 is 13.9 Å². The molecule has 1 heterocycles. The van der Waals surface area contributed by atoms with Crippen LogP contribution < -0.4 is 15.4 Å². The molecule has 0 fully saturated rings. The quantitative estimate of drug-likeness (QED) is 0.413.